The normalized spacial score (nSPS) is 16.7. The maximum absolute atomic E-state index is 13.3. The van der Waals surface area contributed by atoms with Crippen molar-refractivity contribution >= 4 is 17.4 Å². The van der Waals surface area contributed by atoms with Crippen LogP contribution in [-0.2, 0) is 14.3 Å². The molecule has 1 aliphatic heterocycles. The van der Waals surface area contributed by atoms with E-state index in [-0.39, 0.29) is 11.3 Å². The second-order valence-electron chi connectivity index (χ2n) is 9.65. The van der Waals surface area contributed by atoms with E-state index in [4.69, 9.17) is 14.2 Å². The van der Waals surface area contributed by atoms with Gasteiger partial charge in [0.2, 0.25) is 0 Å². The molecular formula is C31H41NO6. The topological polar surface area (TPSA) is 85.3 Å². The highest BCUT2D eigenvalue weighted by molar-refractivity contribution is 6.46. The molecule has 1 unspecified atom stereocenters. The number of unbranched alkanes of at least 4 members (excludes halogenated alkanes) is 3. The Morgan fingerprint density at radius 3 is 2.26 bits per heavy atom. The number of aliphatic hydroxyl groups is 1. The SMILES string of the molecule is CCCCCOc1ccc(C2C(=C(O)c3ccc(OCCCC)c(C)c3)C(=O)C(=O)N2CCCOC)cc1. The van der Waals surface area contributed by atoms with Crippen LogP contribution >= 0.6 is 0 Å². The molecule has 3 rings (SSSR count). The molecule has 1 fully saturated rings. The van der Waals surface area contributed by atoms with Gasteiger partial charge in [-0.1, -0.05) is 45.2 Å². The minimum Gasteiger partial charge on any atom is -0.507 e. The maximum Gasteiger partial charge on any atom is 0.295 e. The van der Waals surface area contributed by atoms with Crippen molar-refractivity contribution in [1.82, 2.24) is 4.90 Å². The number of rotatable bonds is 15. The van der Waals surface area contributed by atoms with Crippen LogP contribution in [0.3, 0.4) is 0 Å². The second kappa shape index (κ2) is 14.6. The zero-order valence-corrected chi connectivity index (χ0v) is 23.1. The molecular weight excluding hydrogens is 482 g/mol. The van der Waals surface area contributed by atoms with Crippen molar-refractivity contribution in [3.8, 4) is 11.5 Å². The summed E-state index contributed by atoms with van der Waals surface area (Å²) in [5.41, 5.74) is 2.14. The number of amides is 1. The van der Waals surface area contributed by atoms with Crippen molar-refractivity contribution in [3.05, 3.63) is 64.7 Å². The summed E-state index contributed by atoms with van der Waals surface area (Å²) in [6.07, 6.45) is 5.78. The Balaban J connectivity index is 1.95. The van der Waals surface area contributed by atoms with Crippen molar-refractivity contribution in [2.24, 2.45) is 0 Å². The monoisotopic (exact) mass is 523 g/mol. The molecule has 7 nitrogen and oxygen atoms in total. The Morgan fingerprint density at radius 2 is 1.61 bits per heavy atom. The number of hydrogen-bond donors (Lipinski definition) is 1. The lowest BCUT2D eigenvalue weighted by atomic mass is 9.94. The summed E-state index contributed by atoms with van der Waals surface area (Å²) in [6, 6.07) is 12.0. The van der Waals surface area contributed by atoms with Crippen LogP contribution in [0.4, 0.5) is 0 Å². The molecule has 0 radical (unpaired) electrons. The van der Waals surface area contributed by atoms with Crippen LogP contribution in [0.1, 0.15) is 75.1 Å². The number of carbonyl (C=O) groups excluding carboxylic acids is 2. The van der Waals surface area contributed by atoms with Gasteiger partial charge in [0.05, 0.1) is 24.8 Å². The van der Waals surface area contributed by atoms with Gasteiger partial charge >= 0.3 is 0 Å². The molecule has 7 heteroatoms. The highest BCUT2D eigenvalue weighted by atomic mass is 16.5. The molecule has 1 amide bonds. The second-order valence-corrected chi connectivity index (χ2v) is 9.65. The standard InChI is InChI=1S/C31H41NO6/c1-5-7-9-20-37-25-14-11-23(12-15-25)28-27(30(34)31(35)32(28)17-10-18-36-4)29(33)24-13-16-26(22(3)21-24)38-19-8-6-2/h11-16,21,28,33H,5-10,17-20H2,1-4H3. The molecule has 206 valence electrons. The van der Waals surface area contributed by atoms with E-state index in [1.165, 1.54) is 4.90 Å². The highest BCUT2D eigenvalue weighted by Gasteiger charge is 2.45. The largest absolute Gasteiger partial charge is 0.507 e. The fraction of sp³-hybridized carbons (Fsp3) is 0.484. The number of benzene rings is 2. The van der Waals surface area contributed by atoms with Crippen LogP contribution in [0.15, 0.2) is 48.0 Å². The molecule has 38 heavy (non-hydrogen) atoms. The smallest absolute Gasteiger partial charge is 0.295 e. The summed E-state index contributed by atoms with van der Waals surface area (Å²) < 4.78 is 16.8. The van der Waals surface area contributed by atoms with Crippen molar-refractivity contribution in [2.75, 3.05) is 33.5 Å². The van der Waals surface area contributed by atoms with Gasteiger partial charge in [-0.15, -0.1) is 0 Å². The molecule has 2 aromatic carbocycles. The van der Waals surface area contributed by atoms with Gasteiger partial charge in [-0.25, -0.2) is 0 Å². The van der Waals surface area contributed by atoms with Gasteiger partial charge in [0, 0.05) is 25.8 Å². The number of hydrogen-bond acceptors (Lipinski definition) is 6. The number of carbonyl (C=O) groups is 2. The maximum atomic E-state index is 13.3. The number of aliphatic hydroxyl groups excluding tert-OH is 1. The average molecular weight is 524 g/mol. The van der Waals surface area contributed by atoms with Crippen LogP contribution in [0.2, 0.25) is 0 Å². The van der Waals surface area contributed by atoms with E-state index in [0.717, 1.165) is 54.7 Å². The van der Waals surface area contributed by atoms with Gasteiger partial charge in [0.15, 0.2) is 0 Å². The molecule has 0 aromatic heterocycles. The molecule has 0 saturated carbocycles. The third-order valence-corrected chi connectivity index (χ3v) is 6.70. The van der Waals surface area contributed by atoms with Gasteiger partial charge < -0.3 is 24.2 Å². The van der Waals surface area contributed by atoms with E-state index in [2.05, 4.69) is 13.8 Å². The molecule has 0 bridgehead atoms. The van der Waals surface area contributed by atoms with Gasteiger partial charge in [0.1, 0.15) is 17.3 Å². The number of methoxy groups -OCH3 is 1. The van der Waals surface area contributed by atoms with Crippen molar-refractivity contribution in [2.45, 2.75) is 65.3 Å². The molecule has 0 spiro atoms. The van der Waals surface area contributed by atoms with Crippen LogP contribution in [0, 0.1) is 6.92 Å². The van der Waals surface area contributed by atoms with Gasteiger partial charge in [0.25, 0.3) is 11.7 Å². The molecule has 1 atom stereocenters. The number of ketones is 1. The Kier molecular flexibility index (Phi) is 11.2. The summed E-state index contributed by atoms with van der Waals surface area (Å²) >= 11 is 0. The summed E-state index contributed by atoms with van der Waals surface area (Å²) in [4.78, 5) is 27.9. The van der Waals surface area contributed by atoms with E-state index in [0.29, 0.717) is 38.3 Å². The fourth-order valence-corrected chi connectivity index (χ4v) is 4.57. The minimum atomic E-state index is -0.707. The molecule has 1 heterocycles. The summed E-state index contributed by atoms with van der Waals surface area (Å²) in [7, 11) is 1.60. The number of Topliss-reactive ketones (excluding diaryl/α,β-unsaturated/α-hetero) is 1. The van der Waals surface area contributed by atoms with E-state index in [1.807, 2.05) is 31.2 Å². The van der Waals surface area contributed by atoms with E-state index < -0.39 is 17.7 Å². The van der Waals surface area contributed by atoms with Gasteiger partial charge in [-0.2, -0.15) is 0 Å². The highest BCUT2D eigenvalue weighted by Crippen LogP contribution is 2.40. The predicted molar refractivity (Wildman–Crippen MR) is 149 cm³/mol. The predicted octanol–water partition coefficient (Wildman–Crippen LogP) is 6.20. The van der Waals surface area contributed by atoms with E-state index in [1.54, 1.807) is 25.3 Å². The summed E-state index contributed by atoms with van der Waals surface area (Å²) in [5.74, 6) is -0.0308. The zero-order chi connectivity index (χ0) is 27.5. The minimum absolute atomic E-state index is 0.0862. The molecule has 2 aromatic rings. The van der Waals surface area contributed by atoms with E-state index >= 15 is 0 Å². The Hall–Kier alpha value is -3.32. The van der Waals surface area contributed by atoms with E-state index in [9.17, 15) is 14.7 Å². The van der Waals surface area contributed by atoms with Gasteiger partial charge in [-0.3, -0.25) is 9.59 Å². The Morgan fingerprint density at radius 1 is 0.895 bits per heavy atom. The van der Waals surface area contributed by atoms with Crippen LogP contribution in [0.5, 0.6) is 11.5 Å². The van der Waals surface area contributed by atoms with Crippen LogP contribution < -0.4 is 9.47 Å². The van der Waals surface area contributed by atoms with Crippen molar-refractivity contribution < 1.29 is 28.9 Å². The van der Waals surface area contributed by atoms with Crippen molar-refractivity contribution in [3.63, 3.8) is 0 Å². The molecule has 1 aliphatic rings. The molecule has 0 aliphatic carbocycles. The first kappa shape index (κ1) is 29.2. The lowest BCUT2D eigenvalue weighted by Gasteiger charge is -2.25. The first-order valence-corrected chi connectivity index (χ1v) is 13.7. The first-order chi connectivity index (χ1) is 18.4. The third-order valence-electron chi connectivity index (χ3n) is 6.70. The number of nitrogens with zero attached hydrogens (tertiary/aromatic N) is 1. The number of ether oxygens (including phenoxy) is 3. The summed E-state index contributed by atoms with van der Waals surface area (Å²) in [6.45, 7) is 8.20. The lowest BCUT2D eigenvalue weighted by molar-refractivity contribution is -0.140. The quantitative estimate of drug-likeness (QED) is 0.129. The molecule has 1 saturated heterocycles. The van der Waals surface area contributed by atoms with Gasteiger partial charge in [-0.05, 0) is 67.6 Å². The molecule has 1 N–H and O–H groups in total. The first-order valence-electron chi connectivity index (χ1n) is 13.7. The third kappa shape index (κ3) is 7.16. The lowest BCUT2D eigenvalue weighted by Crippen LogP contribution is -2.31. The Labute approximate surface area is 226 Å². The average Bonchev–Trinajstić information content (AvgIpc) is 3.17. The number of aryl methyl sites for hydroxylation is 1. The summed E-state index contributed by atoms with van der Waals surface area (Å²) in [5, 5.41) is 11.4. The Bertz CT molecular complexity index is 1110. The van der Waals surface area contributed by atoms with Crippen LogP contribution in [-0.4, -0.2) is 55.2 Å². The van der Waals surface area contributed by atoms with Crippen molar-refractivity contribution in [1.29, 1.82) is 0 Å². The zero-order valence-electron chi connectivity index (χ0n) is 23.1. The number of likely N-dealkylation sites (tertiary alicyclic amines) is 1. The fourth-order valence-electron chi connectivity index (χ4n) is 4.57. The van der Waals surface area contributed by atoms with Crippen LogP contribution in [0.25, 0.3) is 5.76 Å².